The lowest BCUT2D eigenvalue weighted by Crippen LogP contribution is -2.24. The van der Waals surface area contributed by atoms with Gasteiger partial charge in [-0.3, -0.25) is 9.48 Å². The van der Waals surface area contributed by atoms with Crippen molar-refractivity contribution in [2.75, 3.05) is 11.9 Å². The average molecular weight is 442 g/mol. The number of carbonyl (C=O) groups excluding carboxylic acids is 1. The van der Waals surface area contributed by atoms with Crippen LogP contribution in [0.25, 0.3) is 5.69 Å². The maximum absolute atomic E-state index is 13.7. The molecule has 1 N–H and O–H groups in total. The second kappa shape index (κ2) is 9.61. The Labute approximate surface area is 193 Å². The number of esters is 1. The predicted octanol–water partition coefficient (Wildman–Crippen LogP) is 4.86. The van der Waals surface area contributed by atoms with Crippen molar-refractivity contribution < 1.29 is 9.53 Å². The number of ether oxygens (including phenoxy) is 1. The average Bonchev–Trinajstić information content (AvgIpc) is 3.07. The second-order valence-corrected chi connectivity index (χ2v) is 7.76. The lowest BCUT2D eigenvalue weighted by Gasteiger charge is -2.20. The largest absolute Gasteiger partial charge is 0.462 e. The van der Waals surface area contributed by atoms with E-state index in [1.54, 1.807) is 23.7 Å². The summed E-state index contributed by atoms with van der Waals surface area (Å²) in [5.74, 6) is -0.353. The molecule has 0 aliphatic carbocycles. The fourth-order valence-electron chi connectivity index (χ4n) is 3.97. The number of anilines is 1. The summed E-state index contributed by atoms with van der Waals surface area (Å²) in [7, 11) is 1.89. The van der Waals surface area contributed by atoms with Crippen LogP contribution in [0.15, 0.2) is 89.7 Å². The summed E-state index contributed by atoms with van der Waals surface area (Å²) >= 11 is 0. The Morgan fingerprint density at radius 3 is 2.15 bits per heavy atom. The number of hydrogen-bond donors (Lipinski definition) is 1. The standard InChI is InChI=1S/C27H27N3O3/c1-4-33-27(32)21-15-17-22(18-16-21)28-25(20-11-7-5-8-12-20)24-19(2)29(3)30(26(24)31)23-13-9-6-10-14-23/h5-18,25,28H,4H2,1-3H3/t25-/m1/s1. The molecule has 0 fully saturated rings. The van der Waals surface area contributed by atoms with Crippen LogP contribution in [-0.4, -0.2) is 21.9 Å². The van der Waals surface area contributed by atoms with Gasteiger partial charge in [0.25, 0.3) is 5.56 Å². The van der Waals surface area contributed by atoms with Crippen molar-refractivity contribution in [3.63, 3.8) is 0 Å². The molecule has 4 rings (SSSR count). The Morgan fingerprint density at radius 1 is 0.939 bits per heavy atom. The molecule has 0 aliphatic rings. The van der Waals surface area contributed by atoms with Crippen molar-refractivity contribution in [3.8, 4) is 5.69 Å². The van der Waals surface area contributed by atoms with Crippen LogP contribution in [0.4, 0.5) is 5.69 Å². The third-order valence-corrected chi connectivity index (χ3v) is 5.73. The molecule has 1 atom stereocenters. The molecule has 0 radical (unpaired) electrons. The number of nitrogens with one attached hydrogen (secondary N) is 1. The lowest BCUT2D eigenvalue weighted by atomic mass is 9.98. The summed E-state index contributed by atoms with van der Waals surface area (Å²) in [5, 5.41) is 3.50. The summed E-state index contributed by atoms with van der Waals surface area (Å²) in [6, 6.07) is 26.2. The number of nitrogens with zero attached hydrogens (tertiary/aromatic N) is 2. The van der Waals surface area contributed by atoms with Crippen LogP contribution in [0.1, 0.15) is 40.1 Å². The number of benzene rings is 3. The van der Waals surface area contributed by atoms with E-state index in [0.717, 1.165) is 22.6 Å². The summed E-state index contributed by atoms with van der Waals surface area (Å²) in [5.41, 5.74) is 4.52. The van der Waals surface area contributed by atoms with Gasteiger partial charge in [0.15, 0.2) is 0 Å². The number of hydrogen-bond acceptors (Lipinski definition) is 4. The Balaban J connectivity index is 1.77. The van der Waals surface area contributed by atoms with E-state index in [-0.39, 0.29) is 17.6 Å². The van der Waals surface area contributed by atoms with Gasteiger partial charge in [0.05, 0.1) is 29.5 Å². The lowest BCUT2D eigenvalue weighted by molar-refractivity contribution is 0.0526. The zero-order valence-corrected chi connectivity index (χ0v) is 19.0. The van der Waals surface area contributed by atoms with Crippen molar-refractivity contribution in [2.24, 2.45) is 7.05 Å². The minimum atomic E-state index is -0.372. The van der Waals surface area contributed by atoms with E-state index in [1.807, 2.05) is 91.4 Å². The molecule has 0 bridgehead atoms. The zero-order valence-electron chi connectivity index (χ0n) is 19.0. The highest BCUT2D eigenvalue weighted by Gasteiger charge is 2.25. The highest BCUT2D eigenvalue weighted by Crippen LogP contribution is 2.28. The van der Waals surface area contributed by atoms with Crippen molar-refractivity contribution in [2.45, 2.75) is 19.9 Å². The maximum Gasteiger partial charge on any atom is 0.338 e. The van der Waals surface area contributed by atoms with Gasteiger partial charge in [0.2, 0.25) is 0 Å². The van der Waals surface area contributed by atoms with E-state index in [1.165, 1.54) is 0 Å². The highest BCUT2D eigenvalue weighted by atomic mass is 16.5. The third kappa shape index (κ3) is 4.46. The molecule has 0 unspecified atom stereocenters. The molecule has 0 amide bonds. The molecule has 168 valence electrons. The molecule has 0 aliphatic heterocycles. The maximum atomic E-state index is 13.7. The monoisotopic (exact) mass is 441 g/mol. The summed E-state index contributed by atoms with van der Waals surface area (Å²) < 4.78 is 8.64. The van der Waals surface area contributed by atoms with E-state index < -0.39 is 0 Å². The van der Waals surface area contributed by atoms with Crippen LogP contribution in [0.2, 0.25) is 0 Å². The molecule has 4 aromatic rings. The highest BCUT2D eigenvalue weighted by molar-refractivity contribution is 5.89. The van der Waals surface area contributed by atoms with Gasteiger partial charge in [-0.1, -0.05) is 48.5 Å². The zero-order chi connectivity index (χ0) is 23.4. The number of para-hydroxylation sites is 1. The Hall–Kier alpha value is -4.06. The molecule has 1 aromatic heterocycles. The Bertz CT molecular complexity index is 1290. The summed E-state index contributed by atoms with van der Waals surface area (Å²) in [6.45, 7) is 4.07. The molecule has 33 heavy (non-hydrogen) atoms. The van der Waals surface area contributed by atoms with Gasteiger partial charge in [-0.05, 0) is 55.8 Å². The smallest absolute Gasteiger partial charge is 0.338 e. The van der Waals surface area contributed by atoms with Crippen LogP contribution in [-0.2, 0) is 11.8 Å². The molecule has 0 saturated heterocycles. The SMILES string of the molecule is CCOC(=O)c1ccc(N[C@H](c2ccccc2)c2c(C)n(C)n(-c3ccccc3)c2=O)cc1. The number of aromatic nitrogens is 2. The van der Waals surface area contributed by atoms with Gasteiger partial charge in [-0.15, -0.1) is 0 Å². The van der Waals surface area contributed by atoms with Crippen molar-refractivity contribution >= 4 is 11.7 Å². The minimum absolute atomic E-state index is 0.0781. The molecule has 0 saturated carbocycles. The first-order chi connectivity index (χ1) is 16.0. The first kappa shape index (κ1) is 22.1. The molecule has 6 heteroatoms. The van der Waals surface area contributed by atoms with Crippen LogP contribution in [0.5, 0.6) is 0 Å². The van der Waals surface area contributed by atoms with Gasteiger partial charge >= 0.3 is 5.97 Å². The summed E-state index contributed by atoms with van der Waals surface area (Å²) in [4.78, 5) is 25.7. The van der Waals surface area contributed by atoms with E-state index in [4.69, 9.17) is 4.74 Å². The Kier molecular flexibility index (Phi) is 6.45. The van der Waals surface area contributed by atoms with E-state index >= 15 is 0 Å². The van der Waals surface area contributed by atoms with Crippen LogP contribution in [0, 0.1) is 6.92 Å². The first-order valence-corrected chi connectivity index (χ1v) is 10.9. The van der Waals surface area contributed by atoms with Crippen molar-refractivity contribution in [3.05, 3.63) is 118 Å². The second-order valence-electron chi connectivity index (χ2n) is 7.76. The van der Waals surface area contributed by atoms with Crippen LogP contribution < -0.4 is 10.9 Å². The molecule has 1 heterocycles. The van der Waals surface area contributed by atoms with Gasteiger partial charge in [-0.25, -0.2) is 9.48 Å². The fraction of sp³-hybridized carbons (Fsp3) is 0.185. The third-order valence-electron chi connectivity index (χ3n) is 5.73. The van der Waals surface area contributed by atoms with E-state index in [9.17, 15) is 9.59 Å². The summed E-state index contributed by atoms with van der Waals surface area (Å²) in [6.07, 6.45) is 0. The van der Waals surface area contributed by atoms with E-state index in [0.29, 0.717) is 17.7 Å². The predicted molar refractivity (Wildman–Crippen MR) is 130 cm³/mol. The van der Waals surface area contributed by atoms with Crippen molar-refractivity contribution in [1.29, 1.82) is 0 Å². The molecule has 3 aromatic carbocycles. The minimum Gasteiger partial charge on any atom is -0.462 e. The normalized spacial score (nSPS) is 11.7. The van der Waals surface area contributed by atoms with Gasteiger partial charge < -0.3 is 10.1 Å². The molecule has 6 nitrogen and oxygen atoms in total. The molecular formula is C27H27N3O3. The van der Waals surface area contributed by atoms with E-state index in [2.05, 4.69) is 5.32 Å². The first-order valence-electron chi connectivity index (χ1n) is 10.9. The van der Waals surface area contributed by atoms with Crippen molar-refractivity contribution in [1.82, 2.24) is 9.36 Å². The molecular weight excluding hydrogens is 414 g/mol. The Morgan fingerprint density at radius 2 is 1.55 bits per heavy atom. The fourth-order valence-corrected chi connectivity index (χ4v) is 3.97. The quantitative estimate of drug-likeness (QED) is 0.416. The topological polar surface area (TPSA) is 65.3 Å². The molecule has 0 spiro atoms. The number of rotatable bonds is 7. The van der Waals surface area contributed by atoms with Gasteiger partial charge in [-0.2, -0.15) is 0 Å². The van der Waals surface area contributed by atoms with Crippen LogP contribution >= 0.6 is 0 Å². The number of carbonyl (C=O) groups is 1. The van der Waals surface area contributed by atoms with Gasteiger partial charge in [0, 0.05) is 18.4 Å². The van der Waals surface area contributed by atoms with Gasteiger partial charge in [0.1, 0.15) is 0 Å². The van der Waals surface area contributed by atoms with Crippen LogP contribution in [0.3, 0.4) is 0 Å².